The van der Waals surface area contributed by atoms with Gasteiger partial charge >= 0.3 is 0 Å². The van der Waals surface area contributed by atoms with Gasteiger partial charge in [-0.25, -0.2) is 0 Å². The molecule has 1 amide bonds. The van der Waals surface area contributed by atoms with Crippen LogP contribution in [0.2, 0.25) is 0 Å². The largest absolute Gasteiger partial charge is 0.394 e. The van der Waals surface area contributed by atoms with Gasteiger partial charge in [0.1, 0.15) is 0 Å². The van der Waals surface area contributed by atoms with Gasteiger partial charge in [0, 0.05) is 18.8 Å². The zero-order valence-electron chi connectivity index (χ0n) is 15.0. The van der Waals surface area contributed by atoms with Crippen LogP contribution in [0.15, 0.2) is 42.5 Å². The predicted octanol–water partition coefficient (Wildman–Crippen LogP) is 3.51. The summed E-state index contributed by atoms with van der Waals surface area (Å²) < 4.78 is 0. The Morgan fingerprint density at radius 1 is 1.20 bits per heavy atom. The van der Waals surface area contributed by atoms with Gasteiger partial charge in [-0.15, -0.1) is 0 Å². The van der Waals surface area contributed by atoms with Crippen molar-refractivity contribution < 1.29 is 9.90 Å². The molecule has 25 heavy (non-hydrogen) atoms. The Morgan fingerprint density at radius 2 is 1.92 bits per heavy atom. The summed E-state index contributed by atoms with van der Waals surface area (Å²) >= 11 is 0. The second-order valence-electron chi connectivity index (χ2n) is 6.87. The number of nitrogens with one attached hydrogen (secondary N) is 1. The van der Waals surface area contributed by atoms with Crippen molar-refractivity contribution in [2.45, 2.75) is 39.3 Å². The molecule has 0 aliphatic carbocycles. The maximum atomic E-state index is 12.9. The van der Waals surface area contributed by atoms with Crippen molar-refractivity contribution in [1.29, 1.82) is 0 Å². The van der Waals surface area contributed by atoms with Gasteiger partial charge in [-0.2, -0.15) is 0 Å². The highest BCUT2D eigenvalue weighted by Gasteiger charge is 2.29. The van der Waals surface area contributed by atoms with E-state index in [0.717, 1.165) is 25.1 Å². The molecule has 4 nitrogen and oxygen atoms in total. The summed E-state index contributed by atoms with van der Waals surface area (Å²) in [4.78, 5) is 14.7. The van der Waals surface area contributed by atoms with Crippen LogP contribution in [-0.4, -0.2) is 35.1 Å². The molecule has 0 saturated carbocycles. The first-order valence-electron chi connectivity index (χ1n) is 8.90. The molecule has 1 unspecified atom stereocenters. The van der Waals surface area contributed by atoms with E-state index in [-0.39, 0.29) is 18.6 Å². The van der Waals surface area contributed by atoms with Crippen LogP contribution >= 0.6 is 0 Å². The first-order valence-corrected chi connectivity index (χ1v) is 8.90. The molecular weight excluding hydrogens is 312 g/mol. The molecular formula is C21H26N2O2. The molecule has 4 heteroatoms. The van der Waals surface area contributed by atoms with E-state index in [1.54, 1.807) is 4.90 Å². The van der Waals surface area contributed by atoms with Crippen LogP contribution in [0, 0.1) is 13.8 Å². The quantitative estimate of drug-likeness (QED) is 0.877. The third-order valence-electron chi connectivity index (χ3n) is 4.77. The minimum Gasteiger partial charge on any atom is -0.394 e. The monoisotopic (exact) mass is 338 g/mol. The van der Waals surface area contributed by atoms with Crippen LogP contribution in [-0.2, 0) is 6.54 Å². The lowest BCUT2D eigenvalue weighted by Crippen LogP contribution is -2.37. The van der Waals surface area contributed by atoms with E-state index in [2.05, 4.69) is 37.4 Å². The van der Waals surface area contributed by atoms with Gasteiger partial charge < -0.3 is 15.3 Å². The number of carbonyl (C=O) groups is 1. The topological polar surface area (TPSA) is 52.6 Å². The van der Waals surface area contributed by atoms with Gasteiger partial charge in [-0.1, -0.05) is 41.5 Å². The number of aliphatic hydroxyl groups is 1. The second kappa shape index (κ2) is 7.70. The Hall–Kier alpha value is -2.33. The smallest absolute Gasteiger partial charge is 0.256 e. The van der Waals surface area contributed by atoms with Crippen LogP contribution in [0.4, 0.5) is 5.69 Å². The number of anilines is 1. The molecule has 2 aromatic carbocycles. The Labute approximate surface area is 149 Å². The number of aliphatic hydroxyl groups excluding tert-OH is 1. The van der Waals surface area contributed by atoms with Crippen LogP contribution in [0.1, 0.15) is 39.9 Å². The maximum absolute atomic E-state index is 12.9. The van der Waals surface area contributed by atoms with Crippen LogP contribution in [0.3, 0.4) is 0 Å². The highest BCUT2D eigenvalue weighted by atomic mass is 16.3. The number of aryl methyl sites for hydroxylation is 2. The molecule has 1 heterocycles. The molecule has 2 N–H and O–H groups in total. The van der Waals surface area contributed by atoms with Crippen molar-refractivity contribution in [3.63, 3.8) is 0 Å². The van der Waals surface area contributed by atoms with Crippen molar-refractivity contribution in [2.75, 3.05) is 18.5 Å². The highest BCUT2D eigenvalue weighted by Crippen LogP contribution is 2.24. The molecule has 2 aromatic rings. The molecule has 132 valence electrons. The van der Waals surface area contributed by atoms with E-state index in [1.165, 1.54) is 16.7 Å². The van der Waals surface area contributed by atoms with E-state index in [1.807, 2.05) is 24.3 Å². The third kappa shape index (κ3) is 4.02. The second-order valence-corrected chi connectivity index (χ2v) is 6.87. The fourth-order valence-electron chi connectivity index (χ4n) is 3.64. The zero-order chi connectivity index (χ0) is 17.8. The number of carbonyl (C=O) groups excluding carboxylic acids is 1. The van der Waals surface area contributed by atoms with E-state index in [9.17, 15) is 9.90 Å². The van der Waals surface area contributed by atoms with Gasteiger partial charge in [0.25, 0.3) is 5.91 Å². The molecule has 1 saturated heterocycles. The molecule has 1 aliphatic heterocycles. The summed E-state index contributed by atoms with van der Waals surface area (Å²) in [6.45, 7) is 5.61. The Bertz CT molecular complexity index is 737. The van der Waals surface area contributed by atoms with E-state index in [0.29, 0.717) is 12.1 Å². The van der Waals surface area contributed by atoms with Crippen molar-refractivity contribution in [2.24, 2.45) is 0 Å². The number of benzene rings is 2. The molecule has 0 bridgehead atoms. The number of hydrogen-bond acceptors (Lipinski definition) is 3. The van der Waals surface area contributed by atoms with Gasteiger partial charge in [0.05, 0.1) is 18.2 Å². The third-order valence-corrected chi connectivity index (χ3v) is 4.77. The molecule has 0 aromatic heterocycles. The summed E-state index contributed by atoms with van der Waals surface area (Å²) in [5, 5.41) is 12.9. The summed E-state index contributed by atoms with van der Waals surface area (Å²) in [6, 6.07) is 14.1. The molecule has 0 radical (unpaired) electrons. The first-order chi connectivity index (χ1) is 12.1. The average Bonchev–Trinajstić information content (AvgIpc) is 3.07. The minimum atomic E-state index is -0.0556. The molecule has 1 aliphatic rings. The molecule has 0 spiro atoms. The minimum absolute atomic E-state index is 0.0000674. The lowest BCUT2D eigenvalue weighted by Gasteiger charge is -2.24. The SMILES string of the molecule is Cc1cc(C)cc(CNc2ccccc2C(=O)N2CCCC2CO)c1. The zero-order valence-corrected chi connectivity index (χ0v) is 15.0. The summed E-state index contributed by atoms with van der Waals surface area (Å²) in [5.41, 5.74) is 5.20. The predicted molar refractivity (Wildman–Crippen MR) is 101 cm³/mol. The fourth-order valence-corrected chi connectivity index (χ4v) is 3.64. The van der Waals surface area contributed by atoms with Crippen molar-refractivity contribution >= 4 is 11.6 Å². The van der Waals surface area contributed by atoms with Crippen LogP contribution < -0.4 is 5.32 Å². The Balaban J connectivity index is 1.77. The first kappa shape index (κ1) is 17.5. The molecule has 1 fully saturated rings. The number of amides is 1. The Morgan fingerprint density at radius 3 is 2.64 bits per heavy atom. The normalized spacial score (nSPS) is 16.9. The van der Waals surface area contributed by atoms with E-state index < -0.39 is 0 Å². The van der Waals surface area contributed by atoms with Crippen LogP contribution in [0.25, 0.3) is 0 Å². The number of nitrogens with zero attached hydrogens (tertiary/aromatic N) is 1. The lowest BCUT2D eigenvalue weighted by molar-refractivity contribution is 0.0678. The standard InChI is InChI=1S/C21H26N2O2/c1-15-10-16(2)12-17(11-15)13-22-20-8-4-3-7-19(20)21(25)23-9-5-6-18(23)14-24/h3-4,7-8,10-12,18,22,24H,5-6,9,13-14H2,1-2H3. The van der Waals surface area contributed by atoms with Gasteiger partial charge in [0.15, 0.2) is 0 Å². The maximum Gasteiger partial charge on any atom is 0.256 e. The van der Waals surface area contributed by atoms with Crippen LogP contribution in [0.5, 0.6) is 0 Å². The number of likely N-dealkylation sites (tertiary alicyclic amines) is 1. The van der Waals surface area contributed by atoms with Crippen molar-refractivity contribution in [3.05, 3.63) is 64.7 Å². The van der Waals surface area contributed by atoms with Crippen molar-refractivity contribution in [3.8, 4) is 0 Å². The highest BCUT2D eigenvalue weighted by molar-refractivity contribution is 6.00. The lowest BCUT2D eigenvalue weighted by atomic mass is 10.1. The molecule has 1 atom stereocenters. The number of para-hydroxylation sites is 1. The fraction of sp³-hybridized carbons (Fsp3) is 0.381. The summed E-state index contributed by atoms with van der Waals surface area (Å²) in [7, 11) is 0. The van der Waals surface area contributed by atoms with Gasteiger partial charge in [-0.05, 0) is 44.4 Å². The number of rotatable bonds is 5. The van der Waals surface area contributed by atoms with E-state index in [4.69, 9.17) is 0 Å². The summed E-state index contributed by atoms with van der Waals surface area (Å²) in [5.74, 6) is 0.0000674. The average molecular weight is 338 g/mol. The summed E-state index contributed by atoms with van der Waals surface area (Å²) in [6.07, 6.45) is 1.83. The van der Waals surface area contributed by atoms with E-state index >= 15 is 0 Å². The van der Waals surface area contributed by atoms with Gasteiger partial charge in [0.2, 0.25) is 0 Å². The Kier molecular flexibility index (Phi) is 5.39. The van der Waals surface area contributed by atoms with Gasteiger partial charge in [-0.3, -0.25) is 4.79 Å². The molecule has 3 rings (SSSR count). The number of hydrogen-bond donors (Lipinski definition) is 2. The van der Waals surface area contributed by atoms with Crippen molar-refractivity contribution in [1.82, 2.24) is 4.90 Å².